The van der Waals surface area contributed by atoms with Crippen molar-refractivity contribution in [1.82, 2.24) is 9.80 Å². The molecule has 0 saturated carbocycles. The molecule has 1 aliphatic heterocycles. The van der Waals surface area contributed by atoms with Gasteiger partial charge in [-0.1, -0.05) is 20.8 Å². The second kappa shape index (κ2) is 7.74. The Hall–Kier alpha value is -0.160. The lowest BCUT2D eigenvalue weighted by molar-refractivity contribution is -0.0405. The highest BCUT2D eigenvalue weighted by molar-refractivity contribution is 4.90. The largest absolute Gasteiger partial charge is 0.392 e. The Bertz CT molecular complexity index is 278. The first kappa shape index (κ1) is 17.9. The number of piperazine rings is 1. The highest BCUT2D eigenvalue weighted by Crippen LogP contribution is 2.22. The molecule has 0 amide bonds. The molecule has 0 spiro atoms. The number of hydrogen-bond donors (Lipinski definition) is 2. The number of rotatable bonds is 7. The predicted octanol–water partition coefficient (Wildman–Crippen LogP) is 1.70. The van der Waals surface area contributed by atoms with Crippen LogP contribution in [0.15, 0.2) is 0 Å². The number of β-amino-alcohol motifs (C(OH)–C–C–N with tert-alkyl or cyclic N) is 2. The molecular formula is C16H34N2O2. The number of aliphatic hydroxyl groups excluding tert-OH is 1. The van der Waals surface area contributed by atoms with E-state index < -0.39 is 5.60 Å². The summed E-state index contributed by atoms with van der Waals surface area (Å²) >= 11 is 0. The van der Waals surface area contributed by atoms with E-state index in [4.69, 9.17) is 0 Å². The molecule has 0 aliphatic carbocycles. The van der Waals surface area contributed by atoms with Crippen molar-refractivity contribution in [2.75, 3.05) is 26.2 Å². The van der Waals surface area contributed by atoms with Gasteiger partial charge in [0.2, 0.25) is 0 Å². The summed E-state index contributed by atoms with van der Waals surface area (Å²) in [6.07, 6.45) is 2.78. The summed E-state index contributed by atoms with van der Waals surface area (Å²) in [6, 6.07) is 0.967. The molecule has 0 aromatic heterocycles. The van der Waals surface area contributed by atoms with Gasteiger partial charge >= 0.3 is 0 Å². The zero-order valence-electron chi connectivity index (χ0n) is 14.0. The molecule has 3 atom stereocenters. The van der Waals surface area contributed by atoms with Crippen LogP contribution >= 0.6 is 0 Å². The Kier molecular flexibility index (Phi) is 6.92. The predicted molar refractivity (Wildman–Crippen MR) is 83.9 cm³/mol. The van der Waals surface area contributed by atoms with Crippen LogP contribution in [0.3, 0.4) is 0 Å². The maximum Gasteiger partial charge on any atom is 0.0718 e. The van der Waals surface area contributed by atoms with E-state index in [0.29, 0.717) is 12.1 Å². The van der Waals surface area contributed by atoms with Gasteiger partial charge in [0.05, 0.1) is 11.7 Å². The van der Waals surface area contributed by atoms with E-state index in [0.717, 1.165) is 45.4 Å². The van der Waals surface area contributed by atoms with Gasteiger partial charge in [-0.15, -0.1) is 0 Å². The molecule has 0 unspecified atom stereocenters. The third kappa shape index (κ3) is 5.32. The van der Waals surface area contributed by atoms with Crippen LogP contribution in [0, 0.1) is 0 Å². The molecule has 0 aromatic rings. The average molecular weight is 286 g/mol. The van der Waals surface area contributed by atoms with Crippen LogP contribution in [-0.2, 0) is 0 Å². The Balaban J connectivity index is 2.71. The van der Waals surface area contributed by atoms with Crippen LogP contribution in [0.25, 0.3) is 0 Å². The number of hydrogen-bond acceptors (Lipinski definition) is 4. The molecule has 1 aliphatic rings. The van der Waals surface area contributed by atoms with Gasteiger partial charge in [-0.05, 0) is 33.1 Å². The Morgan fingerprint density at radius 2 is 1.55 bits per heavy atom. The van der Waals surface area contributed by atoms with E-state index in [1.54, 1.807) is 0 Å². The number of nitrogens with zero attached hydrogens (tertiary/aromatic N) is 2. The van der Waals surface area contributed by atoms with Crippen molar-refractivity contribution in [2.24, 2.45) is 0 Å². The first-order valence-corrected chi connectivity index (χ1v) is 8.19. The minimum absolute atomic E-state index is 0.220. The molecule has 1 rings (SSSR count). The van der Waals surface area contributed by atoms with Gasteiger partial charge in [-0.25, -0.2) is 0 Å². The monoisotopic (exact) mass is 286 g/mol. The fraction of sp³-hybridized carbons (Fsp3) is 1.00. The van der Waals surface area contributed by atoms with E-state index in [9.17, 15) is 10.2 Å². The highest BCUT2D eigenvalue weighted by Gasteiger charge is 2.34. The topological polar surface area (TPSA) is 46.9 Å². The van der Waals surface area contributed by atoms with Gasteiger partial charge in [0.15, 0.2) is 0 Å². The lowest BCUT2D eigenvalue weighted by Gasteiger charge is -2.48. The van der Waals surface area contributed by atoms with Gasteiger partial charge in [-0.3, -0.25) is 9.80 Å². The molecule has 0 radical (unpaired) electrons. The number of aliphatic hydroxyl groups is 2. The lowest BCUT2D eigenvalue weighted by Crippen LogP contribution is -2.61. The maximum absolute atomic E-state index is 10.1. The zero-order valence-corrected chi connectivity index (χ0v) is 14.0. The van der Waals surface area contributed by atoms with Gasteiger partial charge in [0.25, 0.3) is 0 Å². The third-order valence-electron chi connectivity index (χ3n) is 4.37. The van der Waals surface area contributed by atoms with Crippen molar-refractivity contribution in [3.63, 3.8) is 0 Å². The molecule has 20 heavy (non-hydrogen) atoms. The van der Waals surface area contributed by atoms with E-state index in [-0.39, 0.29) is 6.10 Å². The molecule has 1 saturated heterocycles. The molecular weight excluding hydrogens is 252 g/mol. The summed E-state index contributed by atoms with van der Waals surface area (Å²) in [7, 11) is 0. The van der Waals surface area contributed by atoms with Gasteiger partial charge in [-0.2, -0.15) is 0 Å². The first-order chi connectivity index (χ1) is 9.30. The van der Waals surface area contributed by atoms with Crippen molar-refractivity contribution in [3.8, 4) is 0 Å². The van der Waals surface area contributed by atoms with Crippen molar-refractivity contribution in [1.29, 1.82) is 0 Å². The summed E-state index contributed by atoms with van der Waals surface area (Å²) in [5, 5.41) is 20.0. The highest BCUT2D eigenvalue weighted by atomic mass is 16.3. The normalized spacial score (nSPS) is 27.8. The van der Waals surface area contributed by atoms with Crippen LogP contribution in [0.5, 0.6) is 0 Å². The Morgan fingerprint density at radius 3 is 2.00 bits per heavy atom. The van der Waals surface area contributed by atoms with Crippen molar-refractivity contribution in [3.05, 3.63) is 0 Å². The van der Waals surface area contributed by atoms with Crippen molar-refractivity contribution in [2.45, 2.75) is 77.7 Å². The summed E-state index contributed by atoms with van der Waals surface area (Å²) < 4.78 is 0. The standard InChI is InChI=1S/C16H34N2O2/c1-6-13-10-18(12-16(4,5)20)14(7-2)9-17(13)11-15(19)8-3/h13-15,19-20H,6-12H2,1-5H3/t13-,14-,15+/m1/s1. The Labute approximate surface area is 124 Å². The minimum Gasteiger partial charge on any atom is -0.392 e. The minimum atomic E-state index is -0.642. The van der Waals surface area contributed by atoms with E-state index in [2.05, 4.69) is 23.6 Å². The van der Waals surface area contributed by atoms with Crippen LogP contribution in [0.2, 0.25) is 0 Å². The quantitative estimate of drug-likeness (QED) is 0.748. The second-order valence-corrected chi connectivity index (χ2v) is 6.88. The fourth-order valence-electron chi connectivity index (χ4n) is 3.16. The molecule has 0 aromatic carbocycles. The second-order valence-electron chi connectivity index (χ2n) is 6.88. The zero-order chi connectivity index (χ0) is 15.3. The Morgan fingerprint density at radius 1 is 1.05 bits per heavy atom. The van der Waals surface area contributed by atoms with E-state index >= 15 is 0 Å². The van der Waals surface area contributed by atoms with Gasteiger partial charge in [0.1, 0.15) is 0 Å². The van der Waals surface area contributed by atoms with Gasteiger partial charge < -0.3 is 10.2 Å². The molecule has 0 bridgehead atoms. The SMILES string of the molecule is CC[C@H](O)CN1C[C@@H](CC)N(CC(C)(C)O)C[C@H]1CC. The lowest BCUT2D eigenvalue weighted by atomic mass is 9.99. The fourth-order valence-corrected chi connectivity index (χ4v) is 3.16. The third-order valence-corrected chi connectivity index (χ3v) is 4.37. The molecule has 1 fully saturated rings. The summed E-state index contributed by atoms with van der Waals surface area (Å²) in [5.41, 5.74) is -0.642. The van der Waals surface area contributed by atoms with Crippen molar-refractivity contribution < 1.29 is 10.2 Å². The summed E-state index contributed by atoms with van der Waals surface area (Å²) in [6.45, 7) is 13.7. The molecule has 2 N–H and O–H groups in total. The molecule has 120 valence electrons. The van der Waals surface area contributed by atoms with Crippen LogP contribution < -0.4 is 0 Å². The average Bonchev–Trinajstić information content (AvgIpc) is 2.37. The first-order valence-electron chi connectivity index (χ1n) is 8.19. The summed E-state index contributed by atoms with van der Waals surface area (Å²) in [4.78, 5) is 4.88. The van der Waals surface area contributed by atoms with E-state index in [1.165, 1.54) is 0 Å². The molecule has 4 nitrogen and oxygen atoms in total. The summed E-state index contributed by atoms with van der Waals surface area (Å²) in [5.74, 6) is 0. The van der Waals surface area contributed by atoms with Crippen molar-refractivity contribution >= 4 is 0 Å². The van der Waals surface area contributed by atoms with Gasteiger partial charge in [0, 0.05) is 38.3 Å². The smallest absolute Gasteiger partial charge is 0.0718 e. The molecule has 4 heteroatoms. The van der Waals surface area contributed by atoms with Crippen LogP contribution in [0.4, 0.5) is 0 Å². The molecule has 1 heterocycles. The van der Waals surface area contributed by atoms with Crippen LogP contribution in [0.1, 0.15) is 53.9 Å². The maximum atomic E-state index is 10.1. The van der Waals surface area contributed by atoms with E-state index in [1.807, 2.05) is 20.8 Å². The van der Waals surface area contributed by atoms with Crippen LogP contribution in [-0.4, -0.2) is 70.0 Å².